The first kappa shape index (κ1) is 23.6. The number of fused-ring (bicyclic) bond motifs is 3. The fourth-order valence-corrected chi connectivity index (χ4v) is 3.41. The van der Waals surface area contributed by atoms with E-state index >= 15 is 0 Å². The zero-order valence-corrected chi connectivity index (χ0v) is 18.2. The van der Waals surface area contributed by atoms with Crippen LogP contribution in [0.15, 0.2) is 53.6 Å². The molecule has 0 saturated carbocycles. The van der Waals surface area contributed by atoms with Crippen LogP contribution >= 0.6 is 0 Å². The summed E-state index contributed by atoms with van der Waals surface area (Å²) in [7, 11) is 1.70. The average molecular weight is 441 g/mol. The number of benzene rings is 2. The van der Waals surface area contributed by atoms with Crippen molar-refractivity contribution in [1.82, 2.24) is 4.90 Å². The Bertz CT molecular complexity index is 887. The third-order valence-electron chi connectivity index (χ3n) is 5.02. The van der Waals surface area contributed by atoms with E-state index in [-0.39, 0.29) is 6.09 Å². The highest BCUT2D eigenvalue weighted by Crippen LogP contribution is 2.45. The molecule has 9 nitrogen and oxygen atoms in total. The smallest absolute Gasteiger partial charge is 0.410 e. The van der Waals surface area contributed by atoms with Gasteiger partial charge in [0.1, 0.15) is 0 Å². The molecule has 0 saturated heterocycles. The first-order valence-electron chi connectivity index (χ1n) is 10.6. The second kappa shape index (κ2) is 12.7. The van der Waals surface area contributed by atoms with Gasteiger partial charge in [-0.2, -0.15) is 0 Å². The molecular formula is C23H28N4O5. The van der Waals surface area contributed by atoms with Crippen LogP contribution in [0.25, 0.3) is 21.6 Å². The van der Waals surface area contributed by atoms with E-state index in [1.165, 1.54) is 4.90 Å². The van der Waals surface area contributed by atoms with Gasteiger partial charge in [0.2, 0.25) is 0 Å². The molecule has 0 N–H and O–H groups in total. The third-order valence-corrected chi connectivity index (χ3v) is 5.02. The maximum Gasteiger partial charge on any atom is 0.410 e. The Morgan fingerprint density at radius 1 is 0.906 bits per heavy atom. The molecule has 170 valence electrons. The summed E-state index contributed by atoms with van der Waals surface area (Å²) in [6.45, 7) is 3.22. The number of likely N-dealkylation sites (N-methyl/N-ethyl adjacent to an activating group) is 1. The molecule has 1 amide bonds. The van der Waals surface area contributed by atoms with Gasteiger partial charge < -0.3 is 23.8 Å². The van der Waals surface area contributed by atoms with Gasteiger partial charge in [-0.15, -0.1) is 0 Å². The fraction of sp³-hybridized carbons (Fsp3) is 0.435. The van der Waals surface area contributed by atoms with Gasteiger partial charge in [-0.3, -0.25) is 0 Å². The van der Waals surface area contributed by atoms with Crippen molar-refractivity contribution >= 4 is 6.09 Å². The molecule has 2 aromatic carbocycles. The molecule has 0 fully saturated rings. The Morgan fingerprint density at radius 2 is 1.44 bits per heavy atom. The summed E-state index contributed by atoms with van der Waals surface area (Å²) in [5.41, 5.74) is 12.4. The van der Waals surface area contributed by atoms with Crippen molar-refractivity contribution in [2.24, 2.45) is 5.11 Å². The lowest BCUT2D eigenvalue weighted by Crippen LogP contribution is -2.32. The minimum absolute atomic E-state index is 0.315. The van der Waals surface area contributed by atoms with Gasteiger partial charge in [0.25, 0.3) is 0 Å². The van der Waals surface area contributed by atoms with Crippen molar-refractivity contribution in [3.05, 3.63) is 70.1 Å². The topological polar surface area (TPSA) is 106 Å². The van der Waals surface area contributed by atoms with Crippen LogP contribution in [0.2, 0.25) is 0 Å². The lowest BCUT2D eigenvalue weighted by atomic mass is 10.1. The summed E-state index contributed by atoms with van der Waals surface area (Å²) < 4.78 is 22.0. The van der Waals surface area contributed by atoms with Gasteiger partial charge in [0.15, 0.2) is 6.10 Å². The second-order valence-electron chi connectivity index (χ2n) is 7.15. The zero-order chi connectivity index (χ0) is 22.6. The number of hydrogen-bond donors (Lipinski definition) is 0. The maximum absolute atomic E-state index is 12.6. The van der Waals surface area contributed by atoms with Gasteiger partial charge >= 0.3 is 6.09 Å². The Hall–Kier alpha value is -3.10. The van der Waals surface area contributed by atoms with Crippen LogP contribution in [0.4, 0.5) is 4.79 Å². The number of ether oxygens (including phenoxy) is 4. The minimum atomic E-state index is -0.402. The third kappa shape index (κ3) is 6.45. The molecule has 3 rings (SSSR count). The molecule has 0 unspecified atom stereocenters. The van der Waals surface area contributed by atoms with E-state index in [2.05, 4.69) is 22.2 Å². The molecule has 2 aromatic rings. The predicted octanol–water partition coefficient (Wildman–Crippen LogP) is 4.18. The predicted molar refractivity (Wildman–Crippen MR) is 119 cm³/mol. The van der Waals surface area contributed by atoms with Crippen molar-refractivity contribution in [2.45, 2.75) is 6.10 Å². The number of azide groups is 1. The van der Waals surface area contributed by atoms with Crippen LogP contribution < -0.4 is 0 Å². The molecule has 0 aliphatic heterocycles. The van der Waals surface area contributed by atoms with Gasteiger partial charge in [0, 0.05) is 36.2 Å². The molecule has 0 radical (unpaired) electrons. The van der Waals surface area contributed by atoms with E-state index in [9.17, 15) is 4.79 Å². The lowest BCUT2D eigenvalue weighted by Gasteiger charge is -2.21. The Morgan fingerprint density at radius 3 is 2.03 bits per heavy atom. The van der Waals surface area contributed by atoms with Crippen LogP contribution in [-0.2, 0) is 18.9 Å². The second-order valence-corrected chi connectivity index (χ2v) is 7.15. The highest BCUT2D eigenvalue weighted by molar-refractivity contribution is 5.79. The summed E-state index contributed by atoms with van der Waals surface area (Å²) in [6, 6.07) is 16.0. The molecule has 9 heteroatoms. The van der Waals surface area contributed by atoms with Crippen molar-refractivity contribution in [3.63, 3.8) is 0 Å². The number of nitrogens with zero attached hydrogens (tertiary/aromatic N) is 4. The number of hydrogen-bond acceptors (Lipinski definition) is 6. The van der Waals surface area contributed by atoms with Crippen LogP contribution in [-0.4, -0.2) is 70.8 Å². The summed E-state index contributed by atoms with van der Waals surface area (Å²) in [6.07, 6.45) is -0.792. The number of carbonyl (C=O) groups is 1. The average Bonchev–Trinajstić information content (AvgIpc) is 3.13. The summed E-state index contributed by atoms with van der Waals surface area (Å²) in [5, 5.41) is 3.37. The van der Waals surface area contributed by atoms with E-state index < -0.39 is 6.10 Å². The molecule has 0 aromatic heterocycles. The standard InChI is InChI=1S/C23H28N4O5/c1-27(11-13-30-15-17-31-16-14-29-12-10-25-26-24)23(28)32-22-20-8-4-2-6-18(20)19-7-3-5-9-21(19)22/h2-9,22H,10-17H2,1H3. The van der Waals surface area contributed by atoms with Crippen molar-refractivity contribution in [1.29, 1.82) is 0 Å². The number of carbonyl (C=O) groups excluding carboxylic acids is 1. The highest BCUT2D eigenvalue weighted by atomic mass is 16.6. The van der Waals surface area contributed by atoms with E-state index in [4.69, 9.17) is 24.5 Å². The van der Waals surface area contributed by atoms with Crippen LogP contribution in [0.1, 0.15) is 17.2 Å². The molecule has 1 aliphatic rings. The molecule has 1 aliphatic carbocycles. The summed E-state index contributed by atoms with van der Waals surface area (Å²) in [4.78, 5) is 16.8. The van der Waals surface area contributed by atoms with E-state index in [0.717, 1.165) is 22.3 Å². The van der Waals surface area contributed by atoms with Gasteiger partial charge in [-0.1, -0.05) is 53.6 Å². The lowest BCUT2D eigenvalue weighted by molar-refractivity contribution is 0.0116. The van der Waals surface area contributed by atoms with Gasteiger partial charge in [-0.05, 0) is 16.7 Å². The van der Waals surface area contributed by atoms with E-state index in [1.807, 2.05) is 36.4 Å². The van der Waals surface area contributed by atoms with Crippen LogP contribution in [0, 0.1) is 0 Å². The highest BCUT2D eigenvalue weighted by Gasteiger charge is 2.31. The summed E-state index contributed by atoms with van der Waals surface area (Å²) >= 11 is 0. The number of amides is 1. The van der Waals surface area contributed by atoms with Crippen LogP contribution in [0.5, 0.6) is 0 Å². The normalized spacial score (nSPS) is 12.0. The summed E-state index contributed by atoms with van der Waals surface area (Å²) in [5.74, 6) is 0. The molecule has 0 heterocycles. The van der Waals surface area contributed by atoms with Crippen molar-refractivity contribution < 1.29 is 23.7 Å². The molecule has 32 heavy (non-hydrogen) atoms. The number of rotatable bonds is 13. The maximum atomic E-state index is 12.6. The van der Waals surface area contributed by atoms with Crippen molar-refractivity contribution in [3.8, 4) is 11.1 Å². The molecular weight excluding hydrogens is 412 g/mol. The SMILES string of the molecule is CN(CCOCCOCCOCCN=[N+]=[N-])C(=O)OC1c2ccccc2-c2ccccc21. The molecule has 0 bridgehead atoms. The van der Waals surface area contributed by atoms with Crippen molar-refractivity contribution in [2.75, 3.05) is 59.8 Å². The minimum Gasteiger partial charge on any atom is -0.436 e. The molecule has 0 spiro atoms. The Kier molecular flexibility index (Phi) is 9.34. The first-order valence-corrected chi connectivity index (χ1v) is 10.6. The monoisotopic (exact) mass is 440 g/mol. The largest absolute Gasteiger partial charge is 0.436 e. The van der Waals surface area contributed by atoms with Gasteiger partial charge in [-0.25, -0.2) is 4.79 Å². The Balaban J connectivity index is 1.33. The molecule has 0 atom stereocenters. The first-order chi connectivity index (χ1) is 15.7. The fourth-order valence-electron chi connectivity index (χ4n) is 3.41. The quantitative estimate of drug-likeness (QED) is 0.201. The van der Waals surface area contributed by atoms with Crippen LogP contribution in [0.3, 0.4) is 0 Å². The Labute approximate surface area is 187 Å². The van der Waals surface area contributed by atoms with E-state index in [0.29, 0.717) is 52.7 Å². The zero-order valence-electron chi connectivity index (χ0n) is 18.2. The van der Waals surface area contributed by atoms with E-state index in [1.54, 1.807) is 7.05 Å². The van der Waals surface area contributed by atoms with Gasteiger partial charge in [0.05, 0.1) is 39.6 Å².